The fourth-order valence-corrected chi connectivity index (χ4v) is 3.00. The third-order valence-corrected chi connectivity index (χ3v) is 3.97. The fraction of sp³-hybridized carbons (Fsp3) is 0.389. The van der Waals surface area contributed by atoms with Gasteiger partial charge in [-0.25, -0.2) is 0 Å². The van der Waals surface area contributed by atoms with Gasteiger partial charge in [0.1, 0.15) is 5.69 Å². The lowest BCUT2D eigenvalue weighted by molar-refractivity contribution is 0.281. The smallest absolute Gasteiger partial charge is 0.271 e. The summed E-state index contributed by atoms with van der Waals surface area (Å²) in [6.45, 7) is 4.09. The summed E-state index contributed by atoms with van der Waals surface area (Å²) in [4.78, 5) is 17.2. The molecule has 4 heteroatoms. The molecular weight excluding hydrogens is 276 g/mol. The van der Waals surface area contributed by atoms with Crippen LogP contribution in [-0.2, 0) is 19.4 Å². The van der Waals surface area contributed by atoms with Crippen LogP contribution in [0.4, 0.5) is 5.69 Å². The first-order chi connectivity index (χ1) is 10.5. The van der Waals surface area contributed by atoms with E-state index in [0.717, 1.165) is 34.5 Å². The topological polar surface area (TPSA) is 56.3 Å². The van der Waals surface area contributed by atoms with Crippen molar-refractivity contribution in [3.63, 3.8) is 0 Å². The van der Waals surface area contributed by atoms with E-state index in [0.29, 0.717) is 6.42 Å². The Labute approximate surface area is 131 Å². The molecule has 22 heavy (non-hydrogen) atoms. The van der Waals surface area contributed by atoms with Crippen molar-refractivity contribution in [1.29, 1.82) is 0 Å². The first-order valence-electron chi connectivity index (χ1n) is 7.58. The molecular formula is C18H24N2O2. The Kier molecular flexibility index (Phi) is 5.03. The van der Waals surface area contributed by atoms with Crippen LogP contribution in [0.25, 0.3) is 0 Å². The SMILES string of the molecule is CCc1c(C)[nH]c(=O)c(N(C)C)c1Cc1cccc(CO)c1. The van der Waals surface area contributed by atoms with Gasteiger partial charge in [0, 0.05) is 26.2 Å². The first kappa shape index (κ1) is 16.3. The number of pyridine rings is 1. The predicted molar refractivity (Wildman–Crippen MR) is 90.7 cm³/mol. The fourth-order valence-electron chi connectivity index (χ4n) is 3.00. The molecule has 0 aliphatic carbocycles. The molecule has 1 aromatic heterocycles. The van der Waals surface area contributed by atoms with Crippen molar-refractivity contribution in [2.24, 2.45) is 0 Å². The second-order valence-electron chi connectivity index (χ2n) is 5.79. The number of benzene rings is 1. The van der Waals surface area contributed by atoms with Crippen molar-refractivity contribution < 1.29 is 5.11 Å². The Morgan fingerprint density at radius 2 is 1.86 bits per heavy atom. The molecule has 2 aromatic rings. The zero-order chi connectivity index (χ0) is 16.3. The molecule has 1 aromatic carbocycles. The Morgan fingerprint density at radius 3 is 2.45 bits per heavy atom. The van der Waals surface area contributed by atoms with Crippen LogP contribution >= 0.6 is 0 Å². The third-order valence-electron chi connectivity index (χ3n) is 3.97. The first-order valence-corrected chi connectivity index (χ1v) is 7.58. The van der Waals surface area contributed by atoms with Gasteiger partial charge in [-0.15, -0.1) is 0 Å². The standard InChI is InChI=1S/C18H24N2O2/c1-5-15-12(2)19-18(22)17(20(3)4)16(15)10-13-7-6-8-14(9-13)11-21/h6-9,21H,5,10-11H2,1-4H3,(H,19,22). The highest BCUT2D eigenvalue weighted by atomic mass is 16.3. The van der Waals surface area contributed by atoms with E-state index in [9.17, 15) is 9.90 Å². The number of aromatic nitrogens is 1. The largest absolute Gasteiger partial charge is 0.392 e. The summed E-state index contributed by atoms with van der Waals surface area (Å²) in [6, 6.07) is 7.88. The zero-order valence-electron chi connectivity index (χ0n) is 13.7. The lowest BCUT2D eigenvalue weighted by atomic mass is 9.95. The van der Waals surface area contributed by atoms with Gasteiger partial charge in [0.05, 0.1) is 6.61 Å². The molecule has 0 radical (unpaired) electrons. The van der Waals surface area contributed by atoms with Gasteiger partial charge in [0.2, 0.25) is 0 Å². The molecule has 4 nitrogen and oxygen atoms in total. The highest BCUT2D eigenvalue weighted by Crippen LogP contribution is 2.24. The summed E-state index contributed by atoms with van der Waals surface area (Å²) in [5.41, 5.74) is 5.87. The Balaban J connectivity index is 2.59. The quantitative estimate of drug-likeness (QED) is 0.891. The molecule has 0 amide bonds. The van der Waals surface area contributed by atoms with E-state index in [1.165, 1.54) is 5.56 Å². The average Bonchev–Trinajstić information content (AvgIpc) is 2.47. The molecule has 0 spiro atoms. The Hall–Kier alpha value is -2.07. The van der Waals surface area contributed by atoms with Crippen LogP contribution in [0.5, 0.6) is 0 Å². The minimum absolute atomic E-state index is 0.0312. The molecule has 0 saturated heterocycles. The van der Waals surface area contributed by atoms with E-state index >= 15 is 0 Å². The maximum Gasteiger partial charge on any atom is 0.271 e. The Morgan fingerprint density at radius 1 is 1.18 bits per heavy atom. The van der Waals surface area contributed by atoms with Crippen molar-refractivity contribution in [3.8, 4) is 0 Å². The van der Waals surface area contributed by atoms with Crippen LogP contribution in [0.3, 0.4) is 0 Å². The number of aromatic amines is 1. The lowest BCUT2D eigenvalue weighted by Crippen LogP contribution is -2.25. The number of aliphatic hydroxyl groups is 1. The van der Waals surface area contributed by atoms with Gasteiger partial charge in [-0.1, -0.05) is 31.2 Å². The summed E-state index contributed by atoms with van der Waals surface area (Å²) >= 11 is 0. The van der Waals surface area contributed by atoms with Crippen LogP contribution in [0.15, 0.2) is 29.1 Å². The number of anilines is 1. The number of aliphatic hydroxyl groups excluding tert-OH is 1. The van der Waals surface area contributed by atoms with Crippen molar-refractivity contribution >= 4 is 5.69 Å². The Bertz CT molecular complexity index is 718. The van der Waals surface area contributed by atoms with Gasteiger partial charge in [-0.2, -0.15) is 0 Å². The minimum atomic E-state index is -0.0481. The van der Waals surface area contributed by atoms with Gasteiger partial charge in [-0.3, -0.25) is 4.79 Å². The van der Waals surface area contributed by atoms with Crippen LogP contribution < -0.4 is 10.5 Å². The number of hydrogen-bond donors (Lipinski definition) is 2. The monoisotopic (exact) mass is 300 g/mol. The molecule has 0 bridgehead atoms. The van der Waals surface area contributed by atoms with E-state index in [1.807, 2.05) is 50.2 Å². The average molecular weight is 300 g/mol. The zero-order valence-corrected chi connectivity index (χ0v) is 13.7. The second kappa shape index (κ2) is 6.79. The van der Waals surface area contributed by atoms with E-state index in [4.69, 9.17) is 0 Å². The van der Waals surface area contributed by atoms with E-state index < -0.39 is 0 Å². The van der Waals surface area contributed by atoms with Crippen LogP contribution in [0.1, 0.15) is 34.9 Å². The van der Waals surface area contributed by atoms with E-state index in [2.05, 4.69) is 11.9 Å². The number of nitrogens with zero attached hydrogens (tertiary/aromatic N) is 1. The highest BCUT2D eigenvalue weighted by Gasteiger charge is 2.16. The maximum atomic E-state index is 12.3. The molecule has 0 aliphatic rings. The van der Waals surface area contributed by atoms with E-state index in [-0.39, 0.29) is 12.2 Å². The number of H-pyrrole nitrogens is 1. The van der Waals surface area contributed by atoms with Crippen molar-refractivity contribution in [3.05, 3.63) is 62.6 Å². The van der Waals surface area contributed by atoms with Crippen molar-refractivity contribution in [1.82, 2.24) is 4.98 Å². The molecule has 0 aliphatic heterocycles. The maximum absolute atomic E-state index is 12.3. The number of rotatable bonds is 5. The number of nitrogens with one attached hydrogen (secondary N) is 1. The van der Waals surface area contributed by atoms with Gasteiger partial charge < -0.3 is 15.0 Å². The lowest BCUT2D eigenvalue weighted by Gasteiger charge is -2.21. The van der Waals surface area contributed by atoms with Crippen molar-refractivity contribution in [2.75, 3.05) is 19.0 Å². The summed E-state index contributed by atoms with van der Waals surface area (Å²) in [7, 11) is 3.79. The molecule has 1 heterocycles. The molecule has 0 fully saturated rings. The number of hydrogen-bond acceptors (Lipinski definition) is 3. The summed E-state index contributed by atoms with van der Waals surface area (Å²) in [5.74, 6) is 0. The van der Waals surface area contributed by atoms with Gasteiger partial charge in [0.25, 0.3) is 5.56 Å². The second-order valence-corrected chi connectivity index (χ2v) is 5.79. The van der Waals surface area contributed by atoms with Crippen LogP contribution in [0, 0.1) is 6.92 Å². The highest BCUT2D eigenvalue weighted by molar-refractivity contribution is 5.57. The minimum Gasteiger partial charge on any atom is -0.392 e. The van der Waals surface area contributed by atoms with Gasteiger partial charge in [0.15, 0.2) is 0 Å². The normalized spacial score (nSPS) is 10.8. The predicted octanol–water partition coefficient (Wildman–Crippen LogP) is 2.39. The molecule has 0 saturated carbocycles. The molecule has 2 N–H and O–H groups in total. The van der Waals surface area contributed by atoms with Crippen LogP contribution in [0.2, 0.25) is 0 Å². The molecule has 0 atom stereocenters. The number of aryl methyl sites for hydroxylation is 1. The third kappa shape index (κ3) is 3.22. The molecule has 2 rings (SSSR count). The summed E-state index contributed by atoms with van der Waals surface area (Å²) in [5, 5.41) is 9.30. The van der Waals surface area contributed by atoms with Gasteiger partial charge >= 0.3 is 0 Å². The van der Waals surface area contributed by atoms with Gasteiger partial charge in [-0.05, 0) is 35.6 Å². The molecule has 118 valence electrons. The van der Waals surface area contributed by atoms with E-state index in [1.54, 1.807) is 0 Å². The van der Waals surface area contributed by atoms with Crippen LogP contribution in [-0.4, -0.2) is 24.2 Å². The summed E-state index contributed by atoms with van der Waals surface area (Å²) in [6.07, 6.45) is 1.56. The summed E-state index contributed by atoms with van der Waals surface area (Å²) < 4.78 is 0. The molecule has 0 unspecified atom stereocenters. The van der Waals surface area contributed by atoms with Crippen molar-refractivity contribution in [2.45, 2.75) is 33.3 Å².